The first-order valence-corrected chi connectivity index (χ1v) is 3.63. The van der Waals surface area contributed by atoms with E-state index < -0.39 is 0 Å². The molecule has 10 heavy (non-hydrogen) atoms. The van der Waals surface area contributed by atoms with Gasteiger partial charge in [0.1, 0.15) is 0 Å². The number of allylic oxidation sites excluding steroid dienone is 1. The summed E-state index contributed by atoms with van der Waals surface area (Å²) >= 11 is 0. The van der Waals surface area contributed by atoms with Crippen molar-refractivity contribution in [1.82, 2.24) is 0 Å². The molecule has 0 saturated carbocycles. The van der Waals surface area contributed by atoms with Crippen LogP contribution in [0.15, 0.2) is 12.7 Å². The summed E-state index contributed by atoms with van der Waals surface area (Å²) in [5.41, 5.74) is 0. The van der Waals surface area contributed by atoms with Crippen molar-refractivity contribution >= 4 is 0 Å². The monoisotopic (exact) mass is 144 g/mol. The molecule has 0 heteroatoms. The summed E-state index contributed by atoms with van der Waals surface area (Å²) in [4.78, 5) is 0. The standard InChI is InChI=1S/C5H10.C4H10.CH4/c1-4-5(2)3;1-4(2)3;/h4-5H,1H2,2-3H3;4H,1-3H3;1H4. The Bertz CT molecular complexity index is 48.3. The van der Waals surface area contributed by atoms with Crippen molar-refractivity contribution in [1.29, 1.82) is 0 Å². The molecule has 0 unspecified atom stereocenters. The summed E-state index contributed by atoms with van der Waals surface area (Å²) in [6.07, 6.45) is 1.92. The largest absolute Gasteiger partial charge is 0.103 e. The molecule has 0 amide bonds. The molecule has 0 spiro atoms. The summed E-state index contributed by atoms with van der Waals surface area (Å²) in [5.74, 6) is 1.48. The molecule has 0 aromatic rings. The van der Waals surface area contributed by atoms with Crippen LogP contribution in [0.1, 0.15) is 42.0 Å². The van der Waals surface area contributed by atoms with E-state index in [0.717, 1.165) is 5.92 Å². The quantitative estimate of drug-likeness (QED) is 0.485. The Morgan fingerprint density at radius 1 is 1.00 bits per heavy atom. The number of hydrogen-bond donors (Lipinski definition) is 0. The Morgan fingerprint density at radius 2 is 1.10 bits per heavy atom. The van der Waals surface area contributed by atoms with Crippen LogP contribution in [0.4, 0.5) is 0 Å². The summed E-state index contributed by atoms with van der Waals surface area (Å²) in [6, 6.07) is 0. The molecule has 0 saturated heterocycles. The van der Waals surface area contributed by atoms with E-state index in [1.807, 2.05) is 6.08 Å². The minimum absolute atomic E-state index is 0. The van der Waals surface area contributed by atoms with Crippen LogP contribution in [0, 0.1) is 11.8 Å². The molecule has 0 fully saturated rings. The minimum atomic E-state index is 0. The Balaban J connectivity index is -0.0000000910. The number of rotatable bonds is 1. The van der Waals surface area contributed by atoms with Gasteiger partial charge in [-0.2, -0.15) is 0 Å². The van der Waals surface area contributed by atoms with Gasteiger partial charge in [0.05, 0.1) is 0 Å². The fourth-order valence-electron chi connectivity index (χ4n) is 0. The smallest absolute Gasteiger partial charge is 0.0293 e. The normalized spacial score (nSPS) is 7.90. The summed E-state index contributed by atoms with van der Waals surface area (Å²) < 4.78 is 0. The van der Waals surface area contributed by atoms with E-state index in [0.29, 0.717) is 5.92 Å². The lowest BCUT2D eigenvalue weighted by Gasteiger charge is -1.84. The zero-order valence-electron chi connectivity index (χ0n) is 7.44. The van der Waals surface area contributed by atoms with Crippen molar-refractivity contribution < 1.29 is 0 Å². The highest BCUT2D eigenvalue weighted by Gasteiger charge is 1.73. The van der Waals surface area contributed by atoms with Crippen LogP contribution >= 0.6 is 0 Å². The van der Waals surface area contributed by atoms with Crippen LogP contribution in [-0.4, -0.2) is 0 Å². The van der Waals surface area contributed by atoms with Gasteiger partial charge in [-0.15, -0.1) is 6.58 Å². The van der Waals surface area contributed by atoms with Crippen molar-refractivity contribution in [2.75, 3.05) is 0 Å². The van der Waals surface area contributed by atoms with Gasteiger partial charge in [0, 0.05) is 0 Å². The van der Waals surface area contributed by atoms with Crippen LogP contribution < -0.4 is 0 Å². The van der Waals surface area contributed by atoms with Gasteiger partial charge in [0.2, 0.25) is 0 Å². The molecule has 0 bridgehead atoms. The molecular formula is C10H24. The molecule has 0 aliphatic carbocycles. The second-order valence-corrected chi connectivity index (χ2v) is 3.21. The molecule has 64 valence electrons. The average Bonchev–Trinajstić information content (AvgIpc) is 1.65. The van der Waals surface area contributed by atoms with E-state index >= 15 is 0 Å². The van der Waals surface area contributed by atoms with E-state index in [1.54, 1.807) is 0 Å². The van der Waals surface area contributed by atoms with Gasteiger partial charge in [-0.1, -0.05) is 48.1 Å². The van der Waals surface area contributed by atoms with E-state index in [4.69, 9.17) is 0 Å². The molecule has 0 rings (SSSR count). The van der Waals surface area contributed by atoms with Gasteiger partial charge in [-0.3, -0.25) is 0 Å². The third-order valence-electron chi connectivity index (χ3n) is 0.471. The van der Waals surface area contributed by atoms with Crippen LogP contribution in [-0.2, 0) is 0 Å². The van der Waals surface area contributed by atoms with E-state index in [1.165, 1.54) is 0 Å². The second-order valence-electron chi connectivity index (χ2n) is 3.21. The Kier molecular flexibility index (Phi) is 18.9. The summed E-state index contributed by atoms with van der Waals surface area (Å²) in [5, 5.41) is 0. The van der Waals surface area contributed by atoms with E-state index in [-0.39, 0.29) is 7.43 Å². The van der Waals surface area contributed by atoms with Gasteiger partial charge in [0.25, 0.3) is 0 Å². The van der Waals surface area contributed by atoms with Crippen molar-refractivity contribution in [3.8, 4) is 0 Å². The zero-order valence-corrected chi connectivity index (χ0v) is 7.44. The summed E-state index contributed by atoms with van der Waals surface area (Å²) in [6.45, 7) is 14.3. The molecule has 0 aromatic carbocycles. The Hall–Kier alpha value is -0.260. The predicted molar refractivity (Wildman–Crippen MR) is 52.3 cm³/mol. The van der Waals surface area contributed by atoms with Gasteiger partial charge in [0.15, 0.2) is 0 Å². The predicted octanol–water partition coefficient (Wildman–Crippen LogP) is 4.13. The van der Waals surface area contributed by atoms with Gasteiger partial charge < -0.3 is 0 Å². The molecule has 0 heterocycles. The SMILES string of the molecule is C.C=CC(C)C.CC(C)C. The van der Waals surface area contributed by atoms with Crippen LogP contribution in [0.25, 0.3) is 0 Å². The van der Waals surface area contributed by atoms with Crippen molar-refractivity contribution in [3.05, 3.63) is 12.7 Å². The lowest BCUT2D eigenvalue weighted by Crippen LogP contribution is -1.71. The molecule has 0 atom stereocenters. The molecule has 0 nitrogen and oxygen atoms in total. The third-order valence-corrected chi connectivity index (χ3v) is 0.471. The Morgan fingerprint density at radius 3 is 1.10 bits per heavy atom. The Labute approximate surface area is 67.3 Å². The lowest BCUT2D eigenvalue weighted by molar-refractivity contribution is 0.737. The third kappa shape index (κ3) is 116. The summed E-state index contributed by atoms with van der Waals surface area (Å²) in [7, 11) is 0. The zero-order chi connectivity index (χ0) is 7.86. The molecular weight excluding hydrogens is 120 g/mol. The van der Waals surface area contributed by atoms with Crippen LogP contribution in [0.2, 0.25) is 0 Å². The topological polar surface area (TPSA) is 0 Å². The maximum atomic E-state index is 3.56. The molecule has 0 aliphatic rings. The lowest BCUT2D eigenvalue weighted by atomic mass is 10.2. The second kappa shape index (κ2) is 11.5. The molecule has 0 aromatic heterocycles. The highest BCUT2D eigenvalue weighted by Crippen LogP contribution is 1.87. The van der Waals surface area contributed by atoms with Crippen molar-refractivity contribution in [2.24, 2.45) is 11.8 Å². The van der Waals surface area contributed by atoms with Crippen molar-refractivity contribution in [3.63, 3.8) is 0 Å². The van der Waals surface area contributed by atoms with E-state index in [9.17, 15) is 0 Å². The first-order valence-electron chi connectivity index (χ1n) is 3.63. The fourth-order valence-corrected chi connectivity index (χ4v) is 0. The first-order chi connectivity index (χ1) is 4.00. The average molecular weight is 144 g/mol. The van der Waals surface area contributed by atoms with Crippen LogP contribution in [0.3, 0.4) is 0 Å². The molecule has 0 N–H and O–H groups in total. The van der Waals surface area contributed by atoms with Gasteiger partial charge >= 0.3 is 0 Å². The van der Waals surface area contributed by atoms with Gasteiger partial charge in [-0.05, 0) is 11.8 Å². The fraction of sp³-hybridized carbons (Fsp3) is 0.800. The van der Waals surface area contributed by atoms with Crippen molar-refractivity contribution in [2.45, 2.75) is 42.0 Å². The first kappa shape index (κ1) is 16.4. The highest BCUT2D eigenvalue weighted by atomic mass is 13.8. The highest BCUT2D eigenvalue weighted by molar-refractivity contribution is 4.69. The molecule has 0 aliphatic heterocycles. The maximum absolute atomic E-state index is 3.56. The minimum Gasteiger partial charge on any atom is -0.103 e. The van der Waals surface area contributed by atoms with E-state index in [2.05, 4.69) is 41.2 Å². The van der Waals surface area contributed by atoms with Gasteiger partial charge in [-0.25, -0.2) is 0 Å². The van der Waals surface area contributed by atoms with Crippen LogP contribution in [0.5, 0.6) is 0 Å². The molecule has 0 radical (unpaired) electrons. The number of hydrogen-bond acceptors (Lipinski definition) is 0. The maximum Gasteiger partial charge on any atom is -0.0293 e.